The van der Waals surface area contributed by atoms with Crippen molar-refractivity contribution in [2.75, 3.05) is 0 Å². The molecule has 6 nitrogen and oxygen atoms in total. The minimum Gasteiger partial charge on any atom is -0.506 e. The number of carbonyl (C=O) groups is 1. The molecule has 162 valence electrons. The number of thioether (sulfide) groups is 1. The molecule has 1 fully saturated rings. The summed E-state index contributed by atoms with van der Waals surface area (Å²) < 4.78 is 6.74. The number of phenolic OH excluding ortho intramolecular Hbond substituents is 1. The van der Waals surface area contributed by atoms with Gasteiger partial charge in [-0.05, 0) is 76.1 Å². The Morgan fingerprint density at radius 2 is 1.97 bits per heavy atom. The maximum Gasteiger partial charge on any atom is 0.267 e. The lowest BCUT2D eigenvalue weighted by atomic mass is 10.1. The molecule has 4 rings (SSSR count). The monoisotopic (exact) mass is 573 g/mol. The van der Waals surface area contributed by atoms with Crippen molar-refractivity contribution >= 4 is 67.0 Å². The fourth-order valence-electron chi connectivity index (χ4n) is 3.00. The third-order valence-corrected chi connectivity index (χ3v) is 6.71. The second-order valence-corrected chi connectivity index (χ2v) is 9.67. The summed E-state index contributed by atoms with van der Waals surface area (Å²) in [6.07, 6.45) is 4.87. The molecule has 1 saturated heterocycles. The Morgan fingerprint density at radius 1 is 1.16 bits per heavy atom. The summed E-state index contributed by atoms with van der Waals surface area (Å²) in [6.45, 7) is 2.24. The van der Waals surface area contributed by atoms with E-state index in [9.17, 15) is 9.90 Å². The molecule has 1 amide bonds. The van der Waals surface area contributed by atoms with E-state index in [1.807, 2.05) is 37.3 Å². The SMILES string of the molecule is Cc1ccccc1/C=C1\S/C(=N\N=C\c2cc(Br)cc(Br)c2O)N(Cc2ccco2)C1=O. The van der Waals surface area contributed by atoms with Crippen molar-refractivity contribution in [3.63, 3.8) is 0 Å². The third-order valence-electron chi connectivity index (χ3n) is 4.65. The van der Waals surface area contributed by atoms with E-state index in [0.29, 0.717) is 25.9 Å². The van der Waals surface area contributed by atoms with Crippen molar-refractivity contribution < 1.29 is 14.3 Å². The molecular weight excluding hydrogens is 558 g/mol. The second-order valence-electron chi connectivity index (χ2n) is 6.89. The number of aryl methyl sites for hydroxylation is 1. The summed E-state index contributed by atoms with van der Waals surface area (Å²) in [7, 11) is 0. The molecule has 0 spiro atoms. The molecule has 32 heavy (non-hydrogen) atoms. The van der Waals surface area contributed by atoms with E-state index in [1.165, 1.54) is 22.9 Å². The van der Waals surface area contributed by atoms with Gasteiger partial charge in [0, 0.05) is 10.0 Å². The number of carbonyl (C=O) groups excluding carboxylic acids is 1. The van der Waals surface area contributed by atoms with Gasteiger partial charge in [-0.15, -0.1) is 5.10 Å². The number of phenols is 1. The van der Waals surface area contributed by atoms with Gasteiger partial charge >= 0.3 is 0 Å². The fourth-order valence-corrected chi connectivity index (χ4v) is 5.18. The molecule has 9 heteroatoms. The number of amidine groups is 1. The van der Waals surface area contributed by atoms with Crippen LogP contribution in [0.3, 0.4) is 0 Å². The zero-order valence-corrected chi connectivity index (χ0v) is 20.8. The van der Waals surface area contributed by atoms with Gasteiger partial charge < -0.3 is 9.52 Å². The fraction of sp³-hybridized carbons (Fsp3) is 0.0870. The average molecular weight is 575 g/mol. The number of rotatable bonds is 5. The minimum atomic E-state index is -0.170. The highest BCUT2D eigenvalue weighted by Crippen LogP contribution is 2.34. The first-order valence-electron chi connectivity index (χ1n) is 9.51. The molecule has 3 aromatic rings. The van der Waals surface area contributed by atoms with Crippen LogP contribution in [0.5, 0.6) is 5.75 Å². The first kappa shape index (κ1) is 22.6. The Bertz CT molecular complexity index is 1250. The third kappa shape index (κ3) is 5.06. The van der Waals surface area contributed by atoms with E-state index in [-0.39, 0.29) is 18.2 Å². The van der Waals surface area contributed by atoms with Crippen LogP contribution in [-0.4, -0.2) is 27.3 Å². The summed E-state index contributed by atoms with van der Waals surface area (Å²) in [5.74, 6) is 0.526. The van der Waals surface area contributed by atoms with Crippen LogP contribution in [0.25, 0.3) is 6.08 Å². The van der Waals surface area contributed by atoms with Crippen LogP contribution < -0.4 is 0 Å². The maximum absolute atomic E-state index is 13.1. The Hall–Kier alpha value is -2.62. The second kappa shape index (κ2) is 9.89. The van der Waals surface area contributed by atoms with E-state index in [0.717, 1.165) is 15.6 Å². The Kier molecular flexibility index (Phi) is 6.98. The number of furan rings is 1. The van der Waals surface area contributed by atoms with Gasteiger partial charge in [-0.25, -0.2) is 0 Å². The lowest BCUT2D eigenvalue weighted by molar-refractivity contribution is -0.122. The van der Waals surface area contributed by atoms with E-state index in [4.69, 9.17) is 4.42 Å². The predicted molar refractivity (Wildman–Crippen MR) is 135 cm³/mol. The molecular formula is C23H17Br2N3O3S. The van der Waals surface area contributed by atoms with Crippen LogP contribution in [0, 0.1) is 6.92 Å². The molecule has 2 aromatic carbocycles. The molecule has 0 unspecified atom stereocenters. The molecule has 0 aliphatic carbocycles. The van der Waals surface area contributed by atoms with Crippen molar-refractivity contribution in [3.05, 3.63) is 91.1 Å². The largest absolute Gasteiger partial charge is 0.506 e. The predicted octanol–water partition coefficient (Wildman–Crippen LogP) is 6.33. The number of amides is 1. The van der Waals surface area contributed by atoms with Crippen LogP contribution in [0.15, 0.2) is 83.3 Å². The van der Waals surface area contributed by atoms with Crippen molar-refractivity contribution in [2.45, 2.75) is 13.5 Å². The molecule has 1 aromatic heterocycles. The average Bonchev–Trinajstić information content (AvgIpc) is 3.37. The van der Waals surface area contributed by atoms with Gasteiger partial charge in [-0.2, -0.15) is 5.10 Å². The van der Waals surface area contributed by atoms with E-state index < -0.39 is 0 Å². The molecule has 0 saturated carbocycles. The van der Waals surface area contributed by atoms with E-state index in [1.54, 1.807) is 30.5 Å². The molecule has 0 radical (unpaired) electrons. The number of aromatic hydroxyl groups is 1. The summed E-state index contributed by atoms with van der Waals surface area (Å²) in [5.41, 5.74) is 2.53. The minimum absolute atomic E-state index is 0.0554. The number of hydrogen-bond acceptors (Lipinski definition) is 6. The molecule has 0 atom stereocenters. The van der Waals surface area contributed by atoms with Crippen molar-refractivity contribution in [1.82, 2.24) is 4.90 Å². The van der Waals surface area contributed by atoms with Crippen LogP contribution >= 0.6 is 43.6 Å². The van der Waals surface area contributed by atoms with Gasteiger partial charge in [0.25, 0.3) is 5.91 Å². The van der Waals surface area contributed by atoms with E-state index in [2.05, 4.69) is 42.1 Å². The van der Waals surface area contributed by atoms with Crippen LogP contribution in [0.4, 0.5) is 0 Å². The lowest BCUT2D eigenvalue weighted by Crippen LogP contribution is -2.28. The van der Waals surface area contributed by atoms with Gasteiger partial charge in [0.05, 0.1) is 28.4 Å². The molecule has 1 aliphatic rings. The van der Waals surface area contributed by atoms with E-state index >= 15 is 0 Å². The molecule has 1 N–H and O–H groups in total. The standard InChI is InChI=1S/C23H17Br2N3O3S/c1-14-5-2-3-6-15(14)10-20-22(30)28(13-18-7-4-8-31-18)23(32-20)27-26-12-16-9-17(24)11-19(25)21(16)29/h2-12,29H,13H2,1H3/b20-10-,26-12+,27-23-. The summed E-state index contributed by atoms with van der Waals surface area (Å²) in [5, 5.41) is 19.0. The highest BCUT2D eigenvalue weighted by Gasteiger charge is 2.34. The highest BCUT2D eigenvalue weighted by atomic mass is 79.9. The Labute approximate surface area is 206 Å². The normalized spacial score (nSPS) is 16.7. The number of benzene rings is 2. The quantitative estimate of drug-likeness (QED) is 0.219. The lowest BCUT2D eigenvalue weighted by Gasteiger charge is -2.12. The van der Waals surface area contributed by atoms with Crippen LogP contribution in [0.1, 0.15) is 22.5 Å². The number of hydrogen-bond donors (Lipinski definition) is 1. The summed E-state index contributed by atoms with van der Waals surface area (Å²) >= 11 is 7.94. The topological polar surface area (TPSA) is 78.4 Å². The van der Waals surface area contributed by atoms with Crippen LogP contribution in [-0.2, 0) is 11.3 Å². The van der Waals surface area contributed by atoms with Crippen molar-refractivity contribution in [3.8, 4) is 5.75 Å². The zero-order chi connectivity index (χ0) is 22.7. The first-order valence-corrected chi connectivity index (χ1v) is 11.9. The molecule has 1 aliphatic heterocycles. The maximum atomic E-state index is 13.1. The smallest absolute Gasteiger partial charge is 0.267 e. The van der Waals surface area contributed by atoms with Gasteiger partial charge in [0.1, 0.15) is 11.5 Å². The first-order chi connectivity index (χ1) is 15.4. The summed E-state index contributed by atoms with van der Waals surface area (Å²) in [4.78, 5) is 15.2. The van der Waals surface area contributed by atoms with Crippen LogP contribution in [0.2, 0.25) is 0 Å². The Morgan fingerprint density at radius 3 is 2.72 bits per heavy atom. The zero-order valence-electron chi connectivity index (χ0n) is 16.8. The van der Waals surface area contributed by atoms with Gasteiger partial charge in [-0.3, -0.25) is 9.69 Å². The highest BCUT2D eigenvalue weighted by molar-refractivity contribution is 9.11. The molecule has 2 heterocycles. The van der Waals surface area contributed by atoms with Gasteiger partial charge in [0.15, 0.2) is 5.17 Å². The summed E-state index contributed by atoms with van der Waals surface area (Å²) in [6, 6.07) is 14.9. The van der Waals surface area contributed by atoms with Crippen molar-refractivity contribution in [2.24, 2.45) is 10.2 Å². The van der Waals surface area contributed by atoms with Crippen molar-refractivity contribution in [1.29, 1.82) is 0 Å². The van der Waals surface area contributed by atoms with Gasteiger partial charge in [-0.1, -0.05) is 40.2 Å². The van der Waals surface area contributed by atoms with Gasteiger partial charge in [0.2, 0.25) is 0 Å². The Balaban J connectivity index is 1.66. The number of halogens is 2. The number of nitrogens with zero attached hydrogens (tertiary/aromatic N) is 3. The molecule has 0 bridgehead atoms.